The van der Waals surface area contributed by atoms with Crippen molar-refractivity contribution in [1.82, 2.24) is 8.87 Å². The zero-order chi connectivity index (χ0) is 25.8. The molecule has 2 aliphatic heterocycles. The Hall–Kier alpha value is -2.62. The molecule has 0 unspecified atom stereocenters. The van der Waals surface area contributed by atoms with Crippen molar-refractivity contribution >= 4 is 56.5 Å². The topological polar surface area (TPSA) is 71.8 Å². The van der Waals surface area contributed by atoms with E-state index in [0.717, 1.165) is 22.6 Å². The molecule has 0 saturated carbocycles. The zero-order valence-corrected chi connectivity index (χ0v) is 22.4. The number of ether oxygens (including phenoxy) is 1. The fraction of sp³-hybridized carbons (Fsp3) is 0.269. The molecule has 188 valence electrons. The third-order valence-corrected chi connectivity index (χ3v) is 9.41. The maximum absolute atomic E-state index is 13.3. The first-order valence-corrected chi connectivity index (χ1v) is 13.7. The first-order valence-electron chi connectivity index (χ1n) is 11.5. The Balaban J connectivity index is 1.60. The maximum Gasteiger partial charge on any atom is 0.258 e. The molecule has 1 aromatic heterocycles. The lowest BCUT2D eigenvalue weighted by Gasteiger charge is -2.26. The van der Waals surface area contributed by atoms with Gasteiger partial charge in [0.1, 0.15) is 0 Å². The van der Waals surface area contributed by atoms with Crippen molar-refractivity contribution in [2.45, 2.75) is 18.7 Å². The van der Waals surface area contributed by atoms with Crippen molar-refractivity contribution in [2.24, 2.45) is 0 Å². The minimum Gasteiger partial charge on any atom is -0.379 e. The molecule has 2 aromatic carbocycles. The van der Waals surface area contributed by atoms with Crippen LogP contribution < -0.4 is 4.90 Å². The van der Waals surface area contributed by atoms with Crippen molar-refractivity contribution < 1.29 is 17.9 Å². The highest BCUT2D eigenvalue weighted by Gasteiger charge is 2.33. The molecule has 2 aliphatic rings. The first-order chi connectivity index (χ1) is 17.1. The summed E-state index contributed by atoms with van der Waals surface area (Å²) in [4.78, 5) is 14.9. The molecule has 1 fully saturated rings. The van der Waals surface area contributed by atoms with Gasteiger partial charge in [-0.3, -0.25) is 4.79 Å². The lowest BCUT2D eigenvalue weighted by molar-refractivity contribution is -0.112. The SMILES string of the molecule is Cc1cc(/C=C2\C(=O)N(C)c3ccc(S(=O)(=O)N4CCOCC4)cc32)c(C)n1-c1cccc(Cl)c1Cl. The largest absolute Gasteiger partial charge is 0.379 e. The maximum atomic E-state index is 13.3. The van der Waals surface area contributed by atoms with Gasteiger partial charge in [0.25, 0.3) is 5.91 Å². The summed E-state index contributed by atoms with van der Waals surface area (Å²) >= 11 is 12.7. The quantitative estimate of drug-likeness (QED) is 0.435. The molecule has 10 heteroatoms. The molecule has 1 saturated heterocycles. The van der Waals surface area contributed by atoms with Crippen molar-refractivity contribution in [3.63, 3.8) is 0 Å². The van der Waals surface area contributed by atoms with Crippen molar-refractivity contribution in [3.8, 4) is 5.69 Å². The highest BCUT2D eigenvalue weighted by Crippen LogP contribution is 2.40. The van der Waals surface area contributed by atoms with E-state index in [1.807, 2.05) is 42.7 Å². The van der Waals surface area contributed by atoms with Gasteiger partial charge in [-0.25, -0.2) is 8.42 Å². The number of anilines is 1. The van der Waals surface area contributed by atoms with Crippen LogP contribution in [0.15, 0.2) is 47.4 Å². The van der Waals surface area contributed by atoms with Crippen LogP contribution >= 0.6 is 23.2 Å². The van der Waals surface area contributed by atoms with E-state index < -0.39 is 10.0 Å². The van der Waals surface area contributed by atoms with Gasteiger partial charge in [0, 0.05) is 42.7 Å². The molecule has 0 radical (unpaired) electrons. The van der Waals surface area contributed by atoms with Gasteiger partial charge in [-0.1, -0.05) is 29.3 Å². The summed E-state index contributed by atoms with van der Waals surface area (Å²) in [7, 11) is -2.02. The van der Waals surface area contributed by atoms with E-state index in [1.165, 1.54) is 4.31 Å². The van der Waals surface area contributed by atoms with Crippen LogP contribution in [0, 0.1) is 13.8 Å². The Bertz CT molecular complexity index is 1520. The number of carbonyl (C=O) groups is 1. The molecule has 0 spiro atoms. The predicted octanol–water partition coefficient (Wildman–Crippen LogP) is 4.94. The number of aromatic nitrogens is 1. The van der Waals surface area contributed by atoms with Crippen LogP contribution in [0.25, 0.3) is 17.3 Å². The van der Waals surface area contributed by atoms with E-state index in [1.54, 1.807) is 36.2 Å². The lowest BCUT2D eigenvalue weighted by atomic mass is 10.0. The Morgan fingerprint density at radius 2 is 1.72 bits per heavy atom. The highest BCUT2D eigenvalue weighted by atomic mass is 35.5. The Morgan fingerprint density at radius 3 is 2.44 bits per heavy atom. The van der Waals surface area contributed by atoms with E-state index in [2.05, 4.69) is 0 Å². The van der Waals surface area contributed by atoms with Crippen molar-refractivity contribution in [1.29, 1.82) is 0 Å². The molecule has 0 N–H and O–H groups in total. The van der Waals surface area contributed by atoms with Crippen molar-refractivity contribution in [2.75, 3.05) is 38.3 Å². The van der Waals surface area contributed by atoms with Crippen LogP contribution in [-0.2, 0) is 19.6 Å². The summed E-state index contributed by atoms with van der Waals surface area (Å²) in [5.41, 5.74) is 5.06. The summed E-state index contributed by atoms with van der Waals surface area (Å²) < 4.78 is 35.2. The van der Waals surface area contributed by atoms with Crippen LogP contribution in [-0.4, -0.2) is 56.5 Å². The number of benzene rings is 2. The summed E-state index contributed by atoms with van der Waals surface area (Å²) in [5.74, 6) is -0.198. The summed E-state index contributed by atoms with van der Waals surface area (Å²) in [5, 5.41) is 0.900. The first kappa shape index (κ1) is 25.0. The van der Waals surface area contributed by atoms with Gasteiger partial charge in [0.05, 0.1) is 39.5 Å². The van der Waals surface area contributed by atoms with Crippen LogP contribution in [0.4, 0.5) is 5.69 Å². The minimum atomic E-state index is -3.71. The Morgan fingerprint density at radius 1 is 1.00 bits per heavy atom. The van der Waals surface area contributed by atoms with Crippen LogP contribution in [0.5, 0.6) is 0 Å². The summed E-state index contributed by atoms with van der Waals surface area (Å²) in [6, 6.07) is 12.3. The molecule has 7 nitrogen and oxygen atoms in total. The second kappa shape index (κ2) is 9.36. The number of likely N-dealkylation sites (N-methyl/N-ethyl adjacent to an activating group) is 1. The van der Waals surface area contributed by atoms with Gasteiger partial charge in [-0.15, -0.1) is 0 Å². The normalized spacial score (nSPS) is 17.8. The number of sulfonamides is 1. The lowest BCUT2D eigenvalue weighted by Crippen LogP contribution is -2.40. The summed E-state index contributed by atoms with van der Waals surface area (Å²) in [6.07, 6.45) is 1.81. The molecular formula is C26H25Cl2N3O4S. The number of carbonyl (C=O) groups excluding carboxylic acids is 1. The number of halogens is 2. The van der Waals surface area contributed by atoms with E-state index in [-0.39, 0.29) is 10.8 Å². The van der Waals surface area contributed by atoms with Gasteiger partial charge in [-0.05, 0) is 61.9 Å². The average Bonchev–Trinajstić information content (AvgIpc) is 3.28. The Kier molecular flexibility index (Phi) is 6.51. The van der Waals surface area contributed by atoms with Gasteiger partial charge < -0.3 is 14.2 Å². The molecule has 0 aliphatic carbocycles. The molecule has 0 atom stereocenters. The van der Waals surface area contributed by atoms with Crippen LogP contribution in [0.1, 0.15) is 22.5 Å². The fourth-order valence-electron chi connectivity index (χ4n) is 4.79. The number of aryl methyl sites for hydroxylation is 1. The van der Waals surface area contributed by atoms with E-state index in [0.29, 0.717) is 53.2 Å². The smallest absolute Gasteiger partial charge is 0.258 e. The standard InChI is InChI=1S/C26H25Cl2N3O4S/c1-16-13-18(17(2)31(16)24-6-4-5-22(27)25(24)28)14-21-20-15-19(7-8-23(20)29(3)26(21)32)36(33,34)30-9-11-35-12-10-30/h4-8,13-15H,9-12H2,1-3H3/b21-14-. The number of rotatable bonds is 4. The molecule has 36 heavy (non-hydrogen) atoms. The number of hydrogen-bond donors (Lipinski definition) is 0. The van der Waals surface area contributed by atoms with Crippen molar-refractivity contribution in [3.05, 3.63) is 75.0 Å². The second-order valence-electron chi connectivity index (χ2n) is 8.85. The third-order valence-electron chi connectivity index (χ3n) is 6.70. The number of fused-ring (bicyclic) bond motifs is 1. The van der Waals surface area contributed by atoms with E-state index in [4.69, 9.17) is 27.9 Å². The average molecular weight is 546 g/mol. The predicted molar refractivity (Wildman–Crippen MR) is 143 cm³/mol. The zero-order valence-electron chi connectivity index (χ0n) is 20.1. The molecular weight excluding hydrogens is 521 g/mol. The number of hydrogen-bond acceptors (Lipinski definition) is 4. The summed E-state index contributed by atoms with van der Waals surface area (Å²) in [6.45, 7) is 5.24. The van der Waals surface area contributed by atoms with Crippen LogP contribution in [0.2, 0.25) is 10.0 Å². The minimum absolute atomic E-state index is 0.160. The van der Waals surface area contributed by atoms with Gasteiger partial charge in [-0.2, -0.15) is 4.31 Å². The molecule has 3 heterocycles. The molecule has 1 amide bonds. The number of nitrogens with zero attached hydrogens (tertiary/aromatic N) is 3. The van der Waals surface area contributed by atoms with E-state index >= 15 is 0 Å². The number of morpholine rings is 1. The van der Waals surface area contributed by atoms with Gasteiger partial charge in [0.2, 0.25) is 10.0 Å². The number of amides is 1. The molecule has 3 aromatic rings. The van der Waals surface area contributed by atoms with E-state index in [9.17, 15) is 13.2 Å². The van der Waals surface area contributed by atoms with Gasteiger partial charge >= 0.3 is 0 Å². The Labute approximate surface area is 220 Å². The van der Waals surface area contributed by atoms with Crippen LogP contribution in [0.3, 0.4) is 0 Å². The second-order valence-corrected chi connectivity index (χ2v) is 11.6. The molecule has 0 bridgehead atoms. The monoisotopic (exact) mass is 545 g/mol. The molecule has 5 rings (SSSR count). The third kappa shape index (κ3) is 4.07. The van der Waals surface area contributed by atoms with Gasteiger partial charge in [0.15, 0.2) is 0 Å². The fourth-order valence-corrected chi connectivity index (χ4v) is 6.60. The highest BCUT2D eigenvalue weighted by molar-refractivity contribution is 7.89.